The van der Waals surface area contributed by atoms with Gasteiger partial charge in [0, 0.05) is 5.92 Å². The van der Waals surface area contributed by atoms with Crippen molar-refractivity contribution in [1.82, 2.24) is 9.97 Å². The minimum Gasteiger partial charge on any atom is -0.378 e. The van der Waals surface area contributed by atoms with Crippen LogP contribution in [0.4, 0.5) is 11.5 Å². The number of rotatable bonds is 2. The number of aromatic nitrogens is 2. The summed E-state index contributed by atoms with van der Waals surface area (Å²) in [6.07, 6.45) is 1.23. The second-order valence-corrected chi connectivity index (χ2v) is 2.90. The van der Waals surface area contributed by atoms with Crippen molar-refractivity contribution in [3.63, 3.8) is 0 Å². The number of nitrogens with zero attached hydrogens (tertiary/aromatic N) is 3. The lowest BCUT2D eigenvalue weighted by atomic mass is 10.1. The fourth-order valence-electron chi connectivity index (χ4n) is 1.02. The predicted molar refractivity (Wildman–Crippen MR) is 47.2 cm³/mol. The SMILES string of the molecule is CC(C)c1ncnc(N)c1[N+](=O)[O-]. The highest BCUT2D eigenvalue weighted by molar-refractivity contribution is 5.55. The smallest absolute Gasteiger partial charge is 0.332 e. The first-order valence-corrected chi connectivity index (χ1v) is 3.78. The van der Waals surface area contributed by atoms with E-state index in [-0.39, 0.29) is 17.4 Å². The molecule has 0 amide bonds. The molecule has 0 saturated carbocycles. The molecular weight excluding hydrogens is 172 g/mol. The lowest BCUT2D eigenvalue weighted by Crippen LogP contribution is -2.05. The van der Waals surface area contributed by atoms with Crippen molar-refractivity contribution in [2.24, 2.45) is 0 Å². The highest BCUT2D eigenvalue weighted by Gasteiger charge is 2.22. The maximum atomic E-state index is 10.6. The number of nitrogen functional groups attached to an aromatic ring is 1. The van der Waals surface area contributed by atoms with Crippen molar-refractivity contribution >= 4 is 11.5 Å². The first kappa shape index (κ1) is 9.37. The summed E-state index contributed by atoms with van der Waals surface area (Å²) in [5, 5.41) is 10.6. The normalized spacial score (nSPS) is 10.4. The molecule has 0 spiro atoms. The maximum Gasteiger partial charge on any atom is 0.332 e. The lowest BCUT2D eigenvalue weighted by molar-refractivity contribution is -0.385. The van der Waals surface area contributed by atoms with Crippen LogP contribution >= 0.6 is 0 Å². The molecule has 0 aromatic carbocycles. The molecule has 0 atom stereocenters. The van der Waals surface area contributed by atoms with Crippen molar-refractivity contribution < 1.29 is 4.92 Å². The Labute approximate surface area is 75.0 Å². The molecule has 1 aromatic rings. The van der Waals surface area contributed by atoms with Crippen molar-refractivity contribution in [2.75, 3.05) is 5.73 Å². The molecule has 0 saturated heterocycles. The van der Waals surface area contributed by atoms with Gasteiger partial charge >= 0.3 is 5.69 Å². The van der Waals surface area contributed by atoms with Gasteiger partial charge in [0.05, 0.1) is 4.92 Å². The Balaban J connectivity index is 3.34. The molecule has 1 rings (SSSR count). The van der Waals surface area contributed by atoms with Crippen LogP contribution < -0.4 is 5.73 Å². The number of anilines is 1. The molecule has 0 unspecified atom stereocenters. The Morgan fingerprint density at radius 2 is 2.15 bits per heavy atom. The van der Waals surface area contributed by atoms with E-state index >= 15 is 0 Å². The Morgan fingerprint density at radius 3 is 2.54 bits per heavy atom. The summed E-state index contributed by atoms with van der Waals surface area (Å²) in [6, 6.07) is 0. The van der Waals surface area contributed by atoms with Gasteiger partial charge in [-0.1, -0.05) is 13.8 Å². The van der Waals surface area contributed by atoms with E-state index in [9.17, 15) is 10.1 Å². The van der Waals surface area contributed by atoms with Gasteiger partial charge in [0.15, 0.2) is 0 Å². The average molecular weight is 182 g/mol. The molecular formula is C7H10N4O2. The van der Waals surface area contributed by atoms with Crippen molar-refractivity contribution in [2.45, 2.75) is 19.8 Å². The van der Waals surface area contributed by atoms with Gasteiger partial charge in [-0.2, -0.15) is 0 Å². The van der Waals surface area contributed by atoms with Crippen LogP contribution in [0.3, 0.4) is 0 Å². The Bertz CT molecular complexity index is 337. The highest BCUT2D eigenvalue weighted by atomic mass is 16.6. The third-order valence-corrected chi connectivity index (χ3v) is 1.61. The van der Waals surface area contributed by atoms with Crippen molar-refractivity contribution in [3.8, 4) is 0 Å². The summed E-state index contributed by atoms with van der Waals surface area (Å²) >= 11 is 0. The fraction of sp³-hybridized carbons (Fsp3) is 0.429. The molecule has 6 heteroatoms. The van der Waals surface area contributed by atoms with Gasteiger partial charge < -0.3 is 5.73 Å². The van der Waals surface area contributed by atoms with Crippen molar-refractivity contribution in [1.29, 1.82) is 0 Å². The van der Waals surface area contributed by atoms with E-state index in [4.69, 9.17) is 5.73 Å². The van der Waals surface area contributed by atoms with Crippen LogP contribution in [-0.4, -0.2) is 14.9 Å². The summed E-state index contributed by atoms with van der Waals surface area (Å²) < 4.78 is 0. The van der Waals surface area contributed by atoms with Gasteiger partial charge in [-0.15, -0.1) is 0 Å². The van der Waals surface area contributed by atoms with E-state index in [1.165, 1.54) is 6.33 Å². The molecule has 1 aromatic heterocycles. The zero-order chi connectivity index (χ0) is 10.0. The van der Waals surface area contributed by atoms with E-state index in [2.05, 4.69) is 9.97 Å². The Kier molecular flexibility index (Phi) is 2.41. The molecule has 2 N–H and O–H groups in total. The second-order valence-electron chi connectivity index (χ2n) is 2.90. The molecule has 0 fully saturated rings. The highest BCUT2D eigenvalue weighted by Crippen LogP contribution is 2.27. The minimum atomic E-state index is -0.551. The monoisotopic (exact) mass is 182 g/mol. The Hall–Kier alpha value is -1.72. The van der Waals surface area contributed by atoms with Crippen LogP contribution in [-0.2, 0) is 0 Å². The van der Waals surface area contributed by atoms with Gasteiger partial charge in [-0.05, 0) is 0 Å². The Morgan fingerprint density at radius 1 is 1.54 bits per heavy atom. The third-order valence-electron chi connectivity index (χ3n) is 1.61. The van der Waals surface area contributed by atoms with Crippen LogP contribution in [0.1, 0.15) is 25.5 Å². The molecule has 1 heterocycles. The van der Waals surface area contributed by atoms with Gasteiger partial charge in [-0.3, -0.25) is 10.1 Å². The van der Waals surface area contributed by atoms with Gasteiger partial charge in [-0.25, -0.2) is 9.97 Å². The molecule has 6 nitrogen and oxygen atoms in total. The van der Waals surface area contributed by atoms with E-state index in [0.29, 0.717) is 5.69 Å². The number of hydrogen-bond acceptors (Lipinski definition) is 5. The first-order valence-electron chi connectivity index (χ1n) is 3.78. The summed E-state index contributed by atoms with van der Waals surface area (Å²) in [5.74, 6) is -0.116. The molecule has 70 valence electrons. The standard InChI is InChI=1S/C7H10N4O2/c1-4(2)5-6(11(12)13)7(8)10-3-9-5/h3-4H,1-2H3,(H2,8,9,10). The van der Waals surface area contributed by atoms with Crippen LogP contribution in [0.5, 0.6) is 0 Å². The van der Waals surface area contributed by atoms with E-state index in [0.717, 1.165) is 0 Å². The maximum absolute atomic E-state index is 10.6. The number of hydrogen-bond donors (Lipinski definition) is 1. The molecule has 0 aliphatic heterocycles. The molecule has 0 aliphatic rings. The first-order chi connectivity index (χ1) is 6.04. The third kappa shape index (κ3) is 1.71. The summed E-state index contributed by atoms with van der Waals surface area (Å²) in [7, 11) is 0. The molecule has 0 bridgehead atoms. The zero-order valence-corrected chi connectivity index (χ0v) is 7.39. The zero-order valence-electron chi connectivity index (χ0n) is 7.39. The average Bonchev–Trinajstić information content (AvgIpc) is 2.02. The minimum absolute atomic E-state index is 0.0364. The quantitative estimate of drug-likeness (QED) is 0.545. The van der Waals surface area contributed by atoms with Crippen molar-refractivity contribution in [3.05, 3.63) is 22.1 Å². The summed E-state index contributed by atoms with van der Waals surface area (Å²) in [6.45, 7) is 3.63. The summed E-state index contributed by atoms with van der Waals surface area (Å²) in [4.78, 5) is 17.4. The van der Waals surface area contributed by atoms with Gasteiger partial charge in [0.2, 0.25) is 5.82 Å². The van der Waals surface area contributed by atoms with Gasteiger partial charge in [0.25, 0.3) is 0 Å². The predicted octanol–water partition coefficient (Wildman–Crippen LogP) is 1.09. The lowest BCUT2D eigenvalue weighted by Gasteiger charge is -2.05. The fourth-order valence-corrected chi connectivity index (χ4v) is 1.02. The molecule has 0 radical (unpaired) electrons. The van der Waals surface area contributed by atoms with E-state index in [1.807, 2.05) is 13.8 Å². The van der Waals surface area contributed by atoms with Crippen LogP contribution in [0, 0.1) is 10.1 Å². The van der Waals surface area contributed by atoms with E-state index < -0.39 is 4.92 Å². The largest absolute Gasteiger partial charge is 0.378 e. The second kappa shape index (κ2) is 3.34. The van der Waals surface area contributed by atoms with E-state index in [1.54, 1.807) is 0 Å². The van der Waals surface area contributed by atoms with Crippen LogP contribution in [0.15, 0.2) is 6.33 Å². The molecule has 0 aliphatic carbocycles. The van der Waals surface area contributed by atoms with Crippen LogP contribution in [0.2, 0.25) is 0 Å². The topological polar surface area (TPSA) is 94.9 Å². The number of nitro groups is 1. The summed E-state index contributed by atoms with van der Waals surface area (Å²) in [5.41, 5.74) is 5.56. The van der Waals surface area contributed by atoms with Gasteiger partial charge in [0.1, 0.15) is 12.0 Å². The van der Waals surface area contributed by atoms with Crippen LogP contribution in [0.25, 0.3) is 0 Å². The molecule has 13 heavy (non-hydrogen) atoms. The number of nitrogens with two attached hydrogens (primary N) is 1.